The summed E-state index contributed by atoms with van der Waals surface area (Å²) in [6, 6.07) is 12.3. The Balaban J connectivity index is 1.50. The summed E-state index contributed by atoms with van der Waals surface area (Å²) in [5.41, 5.74) is 11.2. The van der Waals surface area contributed by atoms with Gasteiger partial charge in [-0.2, -0.15) is 11.3 Å². The van der Waals surface area contributed by atoms with E-state index in [0.717, 1.165) is 55.3 Å². The summed E-state index contributed by atoms with van der Waals surface area (Å²) in [6.45, 7) is 4.79. The highest BCUT2D eigenvalue weighted by molar-refractivity contribution is 7.08. The molecule has 1 amide bonds. The number of hydrogen-bond donors (Lipinski definition) is 1. The van der Waals surface area contributed by atoms with Crippen LogP contribution >= 0.6 is 11.3 Å². The van der Waals surface area contributed by atoms with Gasteiger partial charge in [0.15, 0.2) is 5.65 Å². The van der Waals surface area contributed by atoms with Crippen LogP contribution < -0.4 is 5.73 Å². The van der Waals surface area contributed by atoms with Crippen LogP contribution in [0.4, 0.5) is 0 Å². The number of ether oxygens (including phenoxy) is 1. The number of morpholine rings is 1. The highest BCUT2D eigenvalue weighted by Crippen LogP contribution is 2.27. The number of benzene rings is 1. The average Bonchev–Trinajstić information content (AvgIpc) is 3.50. The second-order valence-corrected chi connectivity index (χ2v) is 8.17. The van der Waals surface area contributed by atoms with Gasteiger partial charge in [-0.1, -0.05) is 12.1 Å². The third-order valence-electron chi connectivity index (χ3n) is 5.58. The van der Waals surface area contributed by atoms with E-state index in [4.69, 9.17) is 10.5 Å². The lowest BCUT2D eigenvalue weighted by molar-refractivity contribution is 0.0364. The van der Waals surface area contributed by atoms with Crippen molar-refractivity contribution in [3.63, 3.8) is 0 Å². The van der Waals surface area contributed by atoms with Crippen LogP contribution in [0, 0.1) is 0 Å². The lowest BCUT2D eigenvalue weighted by Crippen LogP contribution is -2.38. The number of primary amides is 1. The molecule has 1 fully saturated rings. The Labute approximate surface area is 178 Å². The fourth-order valence-electron chi connectivity index (χ4n) is 3.98. The van der Waals surface area contributed by atoms with Crippen molar-refractivity contribution in [3.05, 3.63) is 59.2 Å². The molecule has 1 saturated heterocycles. The first-order valence-corrected chi connectivity index (χ1v) is 10.9. The van der Waals surface area contributed by atoms with E-state index in [1.165, 1.54) is 5.56 Å². The summed E-state index contributed by atoms with van der Waals surface area (Å²) in [5, 5.41) is 4.21. The Morgan fingerprint density at radius 1 is 1.13 bits per heavy atom. The lowest BCUT2D eigenvalue weighted by atomic mass is 10.1. The minimum atomic E-state index is -0.437. The number of rotatable bonds is 6. The zero-order valence-electron chi connectivity index (χ0n) is 16.5. The van der Waals surface area contributed by atoms with Crippen LogP contribution in [0.2, 0.25) is 0 Å². The van der Waals surface area contributed by atoms with Crippen LogP contribution in [0.3, 0.4) is 0 Å². The average molecular weight is 422 g/mol. The molecule has 4 aromatic rings. The molecule has 0 bridgehead atoms. The Hall–Kier alpha value is -2.94. The molecule has 7 nitrogen and oxygen atoms in total. The van der Waals surface area contributed by atoms with Gasteiger partial charge in [-0.25, -0.2) is 4.98 Å². The van der Waals surface area contributed by atoms with Crippen molar-refractivity contribution in [2.45, 2.75) is 6.54 Å². The predicted molar refractivity (Wildman–Crippen MR) is 118 cm³/mol. The zero-order valence-corrected chi connectivity index (χ0v) is 17.3. The Morgan fingerprint density at radius 2 is 2.00 bits per heavy atom. The fourth-order valence-corrected chi connectivity index (χ4v) is 4.64. The van der Waals surface area contributed by atoms with Crippen molar-refractivity contribution in [1.29, 1.82) is 0 Å². The first-order chi connectivity index (χ1) is 14.7. The maximum Gasteiger partial charge on any atom is 0.265 e. The lowest BCUT2D eigenvalue weighted by Gasteiger charge is -2.26. The number of nitrogens with zero attached hydrogens (tertiary/aromatic N) is 4. The van der Waals surface area contributed by atoms with Crippen molar-refractivity contribution < 1.29 is 9.53 Å². The zero-order chi connectivity index (χ0) is 20.5. The standard InChI is InChI=1S/C22H23N5O2S/c23-21(28)19-13-20-22(26(19)6-5-25-7-9-29-10-8-25)24-15-27(20)18-3-1-2-16(12-18)17-4-11-30-14-17/h1-4,11-15H,5-10H2,(H2,23,28). The summed E-state index contributed by atoms with van der Waals surface area (Å²) >= 11 is 1.68. The van der Waals surface area contributed by atoms with Crippen molar-refractivity contribution in [1.82, 2.24) is 19.0 Å². The molecule has 3 aromatic heterocycles. The molecule has 0 unspecified atom stereocenters. The molecular weight excluding hydrogens is 398 g/mol. The summed E-state index contributed by atoms with van der Waals surface area (Å²) < 4.78 is 9.37. The molecular formula is C22H23N5O2S. The predicted octanol–water partition coefficient (Wildman–Crippen LogP) is 2.99. The van der Waals surface area contributed by atoms with Crippen molar-refractivity contribution in [2.24, 2.45) is 5.73 Å². The van der Waals surface area contributed by atoms with Crippen LogP contribution in [-0.2, 0) is 11.3 Å². The SMILES string of the molecule is NC(=O)c1cc2c(ncn2-c2cccc(-c3ccsc3)c2)n1CCN1CCOCC1. The van der Waals surface area contributed by atoms with E-state index in [1.807, 2.05) is 33.7 Å². The molecule has 0 atom stereocenters. The maximum atomic E-state index is 12.1. The van der Waals surface area contributed by atoms with Crippen LogP contribution in [-0.4, -0.2) is 57.8 Å². The summed E-state index contributed by atoms with van der Waals surface area (Å²) in [5.74, 6) is -0.437. The molecule has 5 rings (SSSR count). The monoisotopic (exact) mass is 421 g/mol. The quantitative estimate of drug-likeness (QED) is 0.519. The molecule has 2 N–H and O–H groups in total. The second-order valence-electron chi connectivity index (χ2n) is 7.39. The van der Waals surface area contributed by atoms with Gasteiger partial charge in [0.05, 0.1) is 18.7 Å². The highest BCUT2D eigenvalue weighted by Gasteiger charge is 2.19. The molecule has 4 heterocycles. The van der Waals surface area contributed by atoms with E-state index >= 15 is 0 Å². The van der Waals surface area contributed by atoms with Gasteiger partial charge < -0.3 is 15.0 Å². The van der Waals surface area contributed by atoms with Gasteiger partial charge in [-0.05, 0) is 46.2 Å². The van der Waals surface area contributed by atoms with Crippen molar-refractivity contribution in [3.8, 4) is 16.8 Å². The van der Waals surface area contributed by atoms with E-state index in [1.54, 1.807) is 11.3 Å². The van der Waals surface area contributed by atoms with Crippen LogP contribution in [0.1, 0.15) is 10.5 Å². The van der Waals surface area contributed by atoms with Gasteiger partial charge in [-0.3, -0.25) is 14.3 Å². The fraction of sp³-hybridized carbons (Fsp3) is 0.273. The number of thiophene rings is 1. The number of carbonyl (C=O) groups excluding carboxylic acids is 1. The third-order valence-corrected chi connectivity index (χ3v) is 6.26. The molecule has 0 aliphatic carbocycles. The van der Waals surface area contributed by atoms with Gasteiger partial charge in [0.1, 0.15) is 12.0 Å². The van der Waals surface area contributed by atoms with E-state index < -0.39 is 5.91 Å². The van der Waals surface area contributed by atoms with Gasteiger partial charge in [0.25, 0.3) is 5.91 Å². The maximum absolute atomic E-state index is 12.1. The number of amides is 1. The highest BCUT2D eigenvalue weighted by atomic mass is 32.1. The molecule has 0 radical (unpaired) electrons. The van der Waals surface area contributed by atoms with E-state index in [2.05, 4.69) is 38.8 Å². The summed E-state index contributed by atoms with van der Waals surface area (Å²) in [6.07, 6.45) is 1.81. The van der Waals surface area contributed by atoms with Gasteiger partial charge in [0, 0.05) is 31.9 Å². The first kappa shape index (κ1) is 19.0. The molecule has 0 spiro atoms. The minimum absolute atomic E-state index is 0.437. The molecule has 1 aliphatic heterocycles. The third kappa shape index (κ3) is 3.54. The number of hydrogen-bond acceptors (Lipinski definition) is 5. The van der Waals surface area contributed by atoms with E-state index in [0.29, 0.717) is 12.2 Å². The number of fused-ring (bicyclic) bond motifs is 1. The van der Waals surface area contributed by atoms with Crippen LogP contribution in [0.5, 0.6) is 0 Å². The van der Waals surface area contributed by atoms with Crippen LogP contribution in [0.15, 0.2) is 53.5 Å². The molecule has 0 saturated carbocycles. The Kier molecular flexibility index (Phi) is 5.12. The number of aromatic nitrogens is 3. The smallest absolute Gasteiger partial charge is 0.265 e. The largest absolute Gasteiger partial charge is 0.379 e. The van der Waals surface area contributed by atoms with Gasteiger partial charge >= 0.3 is 0 Å². The molecule has 30 heavy (non-hydrogen) atoms. The second kappa shape index (κ2) is 8.06. The summed E-state index contributed by atoms with van der Waals surface area (Å²) in [4.78, 5) is 19.1. The van der Waals surface area contributed by atoms with Crippen LogP contribution in [0.25, 0.3) is 28.0 Å². The number of nitrogens with two attached hydrogens (primary N) is 1. The van der Waals surface area contributed by atoms with Crippen molar-refractivity contribution >= 4 is 28.4 Å². The van der Waals surface area contributed by atoms with E-state index in [9.17, 15) is 4.79 Å². The molecule has 8 heteroatoms. The summed E-state index contributed by atoms with van der Waals surface area (Å²) in [7, 11) is 0. The molecule has 1 aromatic carbocycles. The molecule has 154 valence electrons. The van der Waals surface area contributed by atoms with Gasteiger partial charge in [-0.15, -0.1) is 0 Å². The number of carbonyl (C=O) groups is 1. The van der Waals surface area contributed by atoms with Crippen molar-refractivity contribution in [2.75, 3.05) is 32.8 Å². The number of imidazole rings is 1. The topological polar surface area (TPSA) is 78.3 Å². The van der Waals surface area contributed by atoms with Gasteiger partial charge in [0.2, 0.25) is 0 Å². The van der Waals surface area contributed by atoms with E-state index in [-0.39, 0.29) is 0 Å². The normalized spacial score (nSPS) is 15.1. The minimum Gasteiger partial charge on any atom is -0.379 e. The Morgan fingerprint density at radius 3 is 2.77 bits per heavy atom. The first-order valence-electron chi connectivity index (χ1n) is 10.0. The Bertz CT molecular complexity index is 1170. The molecule has 1 aliphatic rings.